The van der Waals surface area contributed by atoms with E-state index in [1.165, 1.54) is 4.90 Å². The molecule has 3 N–H and O–H groups in total. The van der Waals surface area contributed by atoms with Gasteiger partial charge in [0, 0.05) is 30.6 Å². The molecule has 3 amide bonds. The maximum absolute atomic E-state index is 14.3. The van der Waals surface area contributed by atoms with Crippen molar-refractivity contribution in [2.45, 2.75) is 77.4 Å². The molecule has 1 aromatic rings. The second-order valence-electron chi connectivity index (χ2n) is 10.9. The fourth-order valence-electron chi connectivity index (χ4n) is 4.28. The lowest BCUT2D eigenvalue weighted by molar-refractivity contribution is -0.145. The number of hydrogen-bond acceptors (Lipinski definition) is 7. The molecule has 0 spiro atoms. The molecule has 0 unspecified atom stereocenters. The van der Waals surface area contributed by atoms with Crippen LogP contribution in [-0.4, -0.2) is 77.3 Å². The standard InChI is InChI=1S/C28H36FN3O7/c1-6-17-8-9-18(21(12-17)39-16-22(34)38-7-2)14-30-24(35)20-13-19(33)15-32(20)25(36)23(27(3,4)5)31-26(37)28(29)10-11-28/h1,8-9,12,19-20,23,33H,7,10-11,13-16H2,2-5H3,(H,30,35)(H,31,37)/t19-,20+,23-/m1/s1. The number of amides is 3. The third-order valence-corrected chi connectivity index (χ3v) is 6.69. The number of benzene rings is 1. The summed E-state index contributed by atoms with van der Waals surface area (Å²) in [6, 6.07) is 2.76. The van der Waals surface area contributed by atoms with E-state index < -0.39 is 53.0 Å². The summed E-state index contributed by atoms with van der Waals surface area (Å²) in [5.74, 6) is 0.257. The molecule has 1 aliphatic heterocycles. The number of nitrogens with one attached hydrogen (secondary N) is 2. The zero-order valence-electron chi connectivity index (χ0n) is 22.7. The van der Waals surface area contributed by atoms with Gasteiger partial charge in [-0.3, -0.25) is 14.4 Å². The molecule has 11 heteroatoms. The zero-order valence-corrected chi connectivity index (χ0v) is 22.7. The zero-order chi connectivity index (χ0) is 29.0. The third kappa shape index (κ3) is 7.47. The van der Waals surface area contributed by atoms with Crippen LogP contribution in [0.5, 0.6) is 5.75 Å². The first-order valence-electron chi connectivity index (χ1n) is 12.9. The minimum atomic E-state index is -1.97. The van der Waals surface area contributed by atoms with E-state index in [9.17, 15) is 28.7 Å². The minimum absolute atomic E-state index is 0.00230. The lowest BCUT2D eigenvalue weighted by Gasteiger charge is -2.35. The Morgan fingerprint density at radius 2 is 1.97 bits per heavy atom. The minimum Gasteiger partial charge on any atom is -0.482 e. The maximum atomic E-state index is 14.3. The summed E-state index contributed by atoms with van der Waals surface area (Å²) in [7, 11) is 0. The first-order valence-corrected chi connectivity index (χ1v) is 12.9. The molecule has 2 aliphatic rings. The van der Waals surface area contributed by atoms with Crippen LogP contribution >= 0.6 is 0 Å². The van der Waals surface area contributed by atoms with Crippen LogP contribution in [0.25, 0.3) is 0 Å². The molecule has 1 heterocycles. The van der Waals surface area contributed by atoms with Gasteiger partial charge in [-0.25, -0.2) is 9.18 Å². The van der Waals surface area contributed by atoms with Gasteiger partial charge in [0.05, 0.1) is 12.7 Å². The molecule has 2 fully saturated rings. The van der Waals surface area contributed by atoms with Crippen LogP contribution in [0.3, 0.4) is 0 Å². The van der Waals surface area contributed by atoms with E-state index in [2.05, 4.69) is 16.6 Å². The summed E-state index contributed by atoms with van der Waals surface area (Å²) in [4.78, 5) is 52.2. The summed E-state index contributed by atoms with van der Waals surface area (Å²) < 4.78 is 24.8. The highest BCUT2D eigenvalue weighted by atomic mass is 19.1. The van der Waals surface area contributed by atoms with Gasteiger partial charge >= 0.3 is 5.97 Å². The molecule has 0 bridgehead atoms. The van der Waals surface area contributed by atoms with E-state index in [0.29, 0.717) is 11.1 Å². The Morgan fingerprint density at radius 1 is 1.28 bits per heavy atom. The molecule has 3 rings (SSSR count). The van der Waals surface area contributed by atoms with E-state index in [1.807, 2.05) is 0 Å². The maximum Gasteiger partial charge on any atom is 0.344 e. The van der Waals surface area contributed by atoms with Crippen molar-refractivity contribution in [3.05, 3.63) is 29.3 Å². The molecule has 1 aromatic carbocycles. The van der Waals surface area contributed by atoms with Gasteiger partial charge in [0.25, 0.3) is 5.91 Å². The van der Waals surface area contributed by atoms with Crippen molar-refractivity contribution in [3.8, 4) is 18.1 Å². The molecule has 1 saturated heterocycles. The van der Waals surface area contributed by atoms with Crippen molar-refractivity contribution < 1.29 is 38.1 Å². The van der Waals surface area contributed by atoms with Crippen LogP contribution in [-0.2, 0) is 30.5 Å². The van der Waals surface area contributed by atoms with Crippen LogP contribution in [0, 0.1) is 17.8 Å². The molecule has 212 valence electrons. The molecule has 1 saturated carbocycles. The number of ether oxygens (including phenoxy) is 2. The molecular formula is C28H36FN3O7. The first kappa shape index (κ1) is 29.9. The topological polar surface area (TPSA) is 134 Å². The predicted molar refractivity (Wildman–Crippen MR) is 139 cm³/mol. The average molecular weight is 546 g/mol. The van der Waals surface area contributed by atoms with Gasteiger partial charge in [-0.15, -0.1) is 6.42 Å². The SMILES string of the molecule is C#Cc1ccc(CNC(=O)[C@@H]2C[C@@H](O)CN2C(=O)[C@@H](NC(=O)C2(F)CC2)C(C)(C)C)c(OCC(=O)OCC)c1. The normalized spacial score (nSPS) is 20.4. The van der Waals surface area contributed by atoms with Crippen molar-refractivity contribution in [1.29, 1.82) is 0 Å². The quantitative estimate of drug-likeness (QED) is 0.297. The fourth-order valence-corrected chi connectivity index (χ4v) is 4.28. The van der Waals surface area contributed by atoms with Crippen LogP contribution in [0.4, 0.5) is 4.39 Å². The van der Waals surface area contributed by atoms with E-state index in [1.54, 1.807) is 45.9 Å². The number of alkyl halides is 1. The fraction of sp³-hybridized carbons (Fsp3) is 0.571. The Hall–Kier alpha value is -3.65. The molecule has 0 radical (unpaired) electrons. The molecule has 39 heavy (non-hydrogen) atoms. The second kappa shape index (κ2) is 12.0. The smallest absolute Gasteiger partial charge is 0.344 e. The van der Waals surface area contributed by atoms with Crippen molar-refractivity contribution in [1.82, 2.24) is 15.5 Å². The number of β-amino-alcohol motifs (C(OH)–C–C–N with tert-alkyl or cyclic N) is 1. The Kier molecular flexibility index (Phi) is 9.22. The van der Waals surface area contributed by atoms with Crippen LogP contribution in [0.2, 0.25) is 0 Å². The number of terminal acetylenes is 1. The summed E-state index contributed by atoms with van der Waals surface area (Å²) >= 11 is 0. The number of aliphatic hydroxyl groups is 1. The van der Waals surface area contributed by atoms with Gasteiger partial charge in [-0.1, -0.05) is 32.8 Å². The van der Waals surface area contributed by atoms with Crippen molar-refractivity contribution in [3.63, 3.8) is 0 Å². The molecule has 0 aromatic heterocycles. The largest absolute Gasteiger partial charge is 0.482 e. The number of carbonyl (C=O) groups excluding carboxylic acids is 4. The summed E-state index contributed by atoms with van der Waals surface area (Å²) in [6.45, 7) is 6.60. The van der Waals surface area contributed by atoms with E-state index in [4.69, 9.17) is 15.9 Å². The second-order valence-corrected chi connectivity index (χ2v) is 10.9. The predicted octanol–water partition coefficient (Wildman–Crippen LogP) is 1.22. The molecule has 3 atom stereocenters. The molecular weight excluding hydrogens is 509 g/mol. The highest BCUT2D eigenvalue weighted by molar-refractivity contribution is 5.95. The highest BCUT2D eigenvalue weighted by Crippen LogP contribution is 2.40. The Labute approximate surface area is 227 Å². The average Bonchev–Trinajstić information content (AvgIpc) is 3.51. The number of esters is 1. The lowest BCUT2D eigenvalue weighted by atomic mass is 9.85. The van der Waals surface area contributed by atoms with Gasteiger partial charge in [0.2, 0.25) is 11.8 Å². The Morgan fingerprint density at radius 3 is 2.56 bits per heavy atom. The number of likely N-dealkylation sites (tertiary alicyclic amines) is 1. The van der Waals surface area contributed by atoms with E-state index in [-0.39, 0.29) is 51.3 Å². The van der Waals surface area contributed by atoms with Gasteiger partial charge in [-0.05, 0) is 37.3 Å². The van der Waals surface area contributed by atoms with E-state index in [0.717, 1.165) is 0 Å². The van der Waals surface area contributed by atoms with E-state index >= 15 is 0 Å². The summed E-state index contributed by atoms with van der Waals surface area (Å²) in [5, 5.41) is 15.6. The number of hydrogen-bond donors (Lipinski definition) is 3. The van der Waals surface area contributed by atoms with Crippen LogP contribution < -0.4 is 15.4 Å². The Balaban J connectivity index is 1.72. The van der Waals surface area contributed by atoms with Gasteiger partial charge in [0.15, 0.2) is 12.3 Å². The number of nitrogens with zero attached hydrogens (tertiary/aromatic N) is 1. The number of aliphatic hydroxyl groups excluding tert-OH is 1. The highest BCUT2D eigenvalue weighted by Gasteiger charge is 2.53. The molecule has 1 aliphatic carbocycles. The number of carbonyl (C=O) groups is 4. The van der Waals surface area contributed by atoms with Crippen molar-refractivity contribution in [2.75, 3.05) is 19.8 Å². The summed E-state index contributed by atoms with van der Waals surface area (Å²) in [6.07, 6.45) is 4.72. The van der Waals surface area contributed by atoms with Crippen molar-refractivity contribution >= 4 is 23.7 Å². The van der Waals surface area contributed by atoms with Gasteiger partial charge in [0.1, 0.15) is 17.8 Å². The van der Waals surface area contributed by atoms with Crippen LogP contribution in [0.1, 0.15) is 58.1 Å². The lowest BCUT2D eigenvalue weighted by Crippen LogP contribution is -2.59. The summed E-state index contributed by atoms with van der Waals surface area (Å²) in [5.41, 5.74) is -1.71. The third-order valence-electron chi connectivity index (χ3n) is 6.69. The molecule has 10 nitrogen and oxygen atoms in total. The van der Waals surface area contributed by atoms with Crippen molar-refractivity contribution in [2.24, 2.45) is 5.41 Å². The Bertz CT molecular complexity index is 1150. The number of rotatable bonds is 10. The van der Waals surface area contributed by atoms with Crippen LogP contribution in [0.15, 0.2) is 18.2 Å². The first-order chi connectivity index (χ1) is 18.3. The monoisotopic (exact) mass is 545 g/mol. The van der Waals surface area contributed by atoms with Gasteiger partial charge in [-0.2, -0.15) is 0 Å². The number of halogens is 1. The van der Waals surface area contributed by atoms with Gasteiger partial charge < -0.3 is 30.1 Å².